The number of aromatic hydroxyl groups is 1. The van der Waals surface area contributed by atoms with E-state index in [2.05, 4.69) is 10.1 Å². The fourth-order valence-electron chi connectivity index (χ4n) is 2.39. The highest BCUT2D eigenvalue weighted by Gasteiger charge is 2.19. The minimum atomic E-state index is 0.000124. The Bertz CT molecular complexity index is 677. The number of phenolic OH excluding ortho intramolecular Hbond substituents is 1. The van der Waals surface area contributed by atoms with Gasteiger partial charge in [-0.3, -0.25) is 4.79 Å². The van der Waals surface area contributed by atoms with Gasteiger partial charge in [0.2, 0.25) is 5.91 Å². The van der Waals surface area contributed by atoms with Gasteiger partial charge in [0.25, 0.3) is 0 Å². The predicted octanol–water partition coefficient (Wildman–Crippen LogP) is 0.818. The summed E-state index contributed by atoms with van der Waals surface area (Å²) in [6.07, 6.45) is 0. The van der Waals surface area contributed by atoms with Gasteiger partial charge in [0, 0.05) is 13.1 Å². The highest BCUT2D eigenvalue weighted by molar-refractivity contribution is 5.76. The van der Waals surface area contributed by atoms with Crippen molar-refractivity contribution in [3.63, 3.8) is 0 Å². The van der Waals surface area contributed by atoms with Gasteiger partial charge in [-0.15, -0.1) is 0 Å². The molecule has 2 heterocycles. The maximum Gasteiger partial charge on any atom is 0.244 e. The third kappa shape index (κ3) is 2.94. The number of aryl methyl sites for hydroxylation is 1. The lowest BCUT2D eigenvalue weighted by atomic mass is 10.2. The SMILES string of the molecule is Cc1nc(-c2ccccc2O)nn1CC(=O)N1CCOCC1. The largest absolute Gasteiger partial charge is 0.507 e. The Labute approximate surface area is 128 Å². The van der Waals surface area contributed by atoms with Crippen LogP contribution in [0.4, 0.5) is 0 Å². The molecule has 0 saturated carbocycles. The number of aromatic nitrogens is 3. The molecule has 1 fully saturated rings. The molecule has 2 aromatic rings. The summed E-state index contributed by atoms with van der Waals surface area (Å²) in [6.45, 7) is 4.31. The lowest BCUT2D eigenvalue weighted by Gasteiger charge is -2.26. The monoisotopic (exact) mass is 302 g/mol. The van der Waals surface area contributed by atoms with E-state index in [4.69, 9.17) is 4.74 Å². The maximum absolute atomic E-state index is 12.3. The second kappa shape index (κ2) is 6.15. The molecular weight excluding hydrogens is 284 g/mol. The summed E-state index contributed by atoms with van der Waals surface area (Å²) < 4.78 is 6.81. The van der Waals surface area contributed by atoms with Crippen molar-refractivity contribution in [1.82, 2.24) is 19.7 Å². The minimum absolute atomic E-state index is 0.000124. The standard InChI is InChI=1S/C15H18N4O3/c1-11-16-15(12-4-2-3-5-13(12)20)17-19(11)10-14(21)18-6-8-22-9-7-18/h2-5,20H,6-10H2,1H3. The highest BCUT2D eigenvalue weighted by atomic mass is 16.5. The Morgan fingerprint density at radius 2 is 2.05 bits per heavy atom. The molecule has 7 heteroatoms. The van der Waals surface area contributed by atoms with E-state index in [0.717, 1.165) is 0 Å². The Morgan fingerprint density at radius 1 is 1.32 bits per heavy atom. The number of carbonyl (C=O) groups is 1. The van der Waals surface area contributed by atoms with Crippen molar-refractivity contribution in [2.24, 2.45) is 0 Å². The van der Waals surface area contributed by atoms with Crippen molar-refractivity contribution in [2.75, 3.05) is 26.3 Å². The molecule has 0 aliphatic carbocycles. The first-order valence-electron chi connectivity index (χ1n) is 7.20. The van der Waals surface area contributed by atoms with E-state index in [1.54, 1.807) is 34.7 Å². The van der Waals surface area contributed by atoms with E-state index in [1.165, 1.54) is 0 Å². The fraction of sp³-hybridized carbons (Fsp3) is 0.400. The maximum atomic E-state index is 12.3. The fourth-order valence-corrected chi connectivity index (χ4v) is 2.39. The molecular formula is C15H18N4O3. The number of rotatable bonds is 3. The quantitative estimate of drug-likeness (QED) is 0.908. The van der Waals surface area contributed by atoms with Crippen LogP contribution in [0.15, 0.2) is 24.3 Å². The smallest absolute Gasteiger partial charge is 0.244 e. The van der Waals surface area contributed by atoms with Crippen LogP contribution < -0.4 is 0 Å². The highest BCUT2D eigenvalue weighted by Crippen LogP contribution is 2.25. The van der Waals surface area contributed by atoms with Gasteiger partial charge in [0.15, 0.2) is 5.82 Å². The average Bonchev–Trinajstić information content (AvgIpc) is 2.89. The molecule has 7 nitrogen and oxygen atoms in total. The molecule has 1 amide bonds. The van der Waals surface area contributed by atoms with Crippen molar-refractivity contribution in [1.29, 1.82) is 0 Å². The molecule has 1 aliphatic rings. The molecule has 116 valence electrons. The first kappa shape index (κ1) is 14.5. The van der Waals surface area contributed by atoms with Crippen LogP contribution in [-0.4, -0.2) is 57.0 Å². The first-order chi connectivity index (χ1) is 10.6. The molecule has 1 saturated heterocycles. The Hall–Kier alpha value is -2.41. The van der Waals surface area contributed by atoms with Gasteiger partial charge in [-0.1, -0.05) is 12.1 Å². The number of hydrogen-bond acceptors (Lipinski definition) is 5. The van der Waals surface area contributed by atoms with Gasteiger partial charge in [-0.2, -0.15) is 5.10 Å². The van der Waals surface area contributed by atoms with Crippen LogP contribution in [0.25, 0.3) is 11.4 Å². The molecule has 1 aliphatic heterocycles. The summed E-state index contributed by atoms with van der Waals surface area (Å²) in [5, 5.41) is 14.2. The number of phenols is 1. The van der Waals surface area contributed by atoms with E-state index in [0.29, 0.717) is 43.5 Å². The summed E-state index contributed by atoms with van der Waals surface area (Å²) in [6, 6.07) is 6.89. The van der Waals surface area contributed by atoms with Crippen molar-refractivity contribution in [2.45, 2.75) is 13.5 Å². The number of amides is 1. The van der Waals surface area contributed by atoms with E-state index in [-0.39, 0.29) is 18.2 Å². The van der Waals surface area contributed by atoms with Crippen LogP contribution in [0.2, 0.25) is 0 Å². The predicted molar refractivity (Wildman–Crippen MR) is 79.3 cm³/mol. The number of para-hydroxylation sites is 1. The average molecular weight is 302 g/mol. The normalized spacial score (nSPS) is 15.0. The number of nitrogens with zero attached hydrogens (tertiary/aromatic N) is 4. The summed E-state index contributed by atoms with van der Waals surface area (Å²) in [4.78, 5) is 18.4. The van der Waals surface area contributed by atoms with Crippen molar-refractivity contribution in [3.05, 3.63) is 30.1 Å². The van der Waals surface area contributed by atoms with E-state index in [9.17, 15) is 9.90 Å². The van der Waals surface area contributed by atoms with Crippen LogP contribution in [0.5, 0.6) is 5.75 Å². The number of morpholine rings is 1. The van der Waals surface area contributed by atoms with Crippen LogP contribution in [0.3, 0.4) is 0 Å². The van der Waals surface area contributed by atoms with Crippen LogP contribution in [0.1, 0.15) is 5.82 Å². The van der Waals surface area contributed by atoms with Crippen LogP contribution in [0, 0.1) is 6.92 Å². The number of ether oxygens (including phenoxy) is 1. The molecule has 0 bridgehead atoms. The molecule has 22 heavy (non-hydrogen) atoms. The number of hydrogen-bond donors (Lipinski definition) is 1. The van der Waals surface area contributed by atoms with Crippen molar-refractivity contribution >= 4 is 5.91 Å². The van der Waals surface area contributed by atoms with Crippen molar-refractivity contribution < 1.29 is 14.6 Å². The second-order valence-electron chi connectivity index (χ2n) is 5.15. The molecule has 0 atom stereocenters. The Morgan fingerprint density at radius 3 is 2.77 bits per heavy atom. The zero-order chi connectivity index (χ0) is 15.5. The molecule has 0 spiro atoms. The molecule has 0 unspecified atom stereocenters. The van der Waals surface area contributed by atoms with Gasteiger partial charge >= 0.3 is 0 Å². The summed E-state index contributed by atoms with van der Waals surface area (Å²) >= 11 is 0. The van der Waals surface area contributed by atoms with Gasteiger partial charge in [-0.25, -0.2) is 9.67 Å². The van der Waals surface area contributed by atoms with E-state index in [1.807, 2.05) is 6.07 Å². The zero-order valence-corrected chi connectivity index (χ0v) is 12.4. The molecule has 3 rings (SSSR count). The third-order valence-corrected chi connectivity index (χ3v) is 3.65. The number of benzene rings is 1. The van der Waals surface area contributed by atoms with Gasteiger partial charge < -0.3 is 14.7 Å². The Balaban J connectivity index is 1.78. The second-order valence-corrected chi connectivity index (χ2v) is 5.15. The lowest BCUT2D eigenvalue weighted by Crippen LogP contribution is -2.42. The third-order valence-electron chi connectivity index (χ3n) is 3.65. The van der Waals surface area contributed by atoms with Crippen LogP contribution >= 0.6 is 0 Å². The van der Waals surface area contributed by atoms with Gasteiger partial charge in [0.1, 0.15) is 18.1 Å². The van der Waals surface area contributed by atoms with Gasteiger partial charge in [-0.05, 0) is 19.1 Å². The number of carbonyl (C=O) groups excluding carboxylic acids is 1. The summed E-state index contributed by atoms with van der Waals surface area (Å²) in [5.74, 6) is 1.18. The summed E-state index contributed by atoms with van der Waals surface area (Å²) in [7, 11) is 0. The lowest BCUT2D eigenvalue weighted by molar-refractivity contribution is -0.136. The topological polar surface area (TPSA) is 80.5 Å². The first-order valence-corrected chi connectivity index (χ1v) is 7.20. The zero-order valence-electron chi connectivity index (χ0n) is 12.4. The molecule has 1 N–H and O–H groups in total. The van der Waals surface area contributed by atoms with Gasteiger partial charge in [0.05, 0.1) is 18.8 Å². The van der Waals surface area contributed by atoms with E-state index < -0.39 is 0 Å². The molecule has 1 aromatic heterocycles. The minimum Gasteiger partial charge on any atom is -0.507 e. The summed E-state index contributed by atoms with van der Waals surface area (Å²) in [5.41, 5.74) is 0.558. The Kier molecular flexibility index (Phi) is 4.06. The molecule has 0 radical (unpaired) electrons. The molecule has 1 aromatic carbocycles. The van der Waals surface area contributed by atoms with Crippen LogP contribution in [-0.2, 0) is 16.1 Å². The van der Waals surface area contributed by atoms with E-state index >= 15 is 0 Å². The van der Waals surface area contributed by atoms with Crippen molar-refractivity contribution in [3.8, 4) is 17.1 Å².